The molecule has 0 aliphatic heterocycles. The molecule has 3 N–H and O–H groups in total. The Bertz CT molecular complexity index is 1310. The number of benzene rings is 1. The van der Waals surface area contributed by atoms with E-state index >= 15 is 0 Å². The summed E-state index contributed by atoms with van der Waals surface area (Å²) >= 11 is 0. The molecule has 10 heteroatoms. The molecular formula is C23H24F2N6O2. The van der Waals surface area contributed by atoms with Crippen molar-refractivity contribution in [1.29, 1.82) is 0 Å². The number of pyridine rings is 1. The maximum absolute atomic E-state index is 14.0. The fourth-order valence-electron chi connectivity index (χ4n) is 3.59. The van der Waals surface area contributed by atoms with Crippen LogP contribution in [0.15, 0.2) is 42.9 Å². The topological polar surface area (TPSA) is 99.5 Å². The molecule has 3 aromatic heterocycles. The van der Waals surface area contributed by atoms with E-state index in [9.17, 15) is 13.6 Å². The summed E-state index contributed by atoms with van der Waals surface area (Å²) in [6.07, 6.45) is 5.20. The Balaban J connectivity index is 1.58. The number of imidazole rings is 1. The third-order valence-corrected chi connectivity index (χ3v) is 5.28. The number of aryl methyl sites for hydroxylation is 3. The summed E-state index contributed by atoms with van der Waals surface area (Å²) in [7, 11) is 1.79. The summed E-state index contributed by atoms with van der Waals surface area (Å²) in [5, 5.41) is 6.92. The predicted molar refractivity (Wildman–Crippen MR) is 118 cm³/mol. The normalized spacial score (nSPS) is 12.2. The van der Waals surface area contributed by atoms with Gasteiger partial charge in [-0.2, -0.15) is 5.10 Å². The second-order valence-corrected chi connectivity index (χ2v) is 7.87. The van der Waals surface area contributed by atoms with Gasteiger partial charge in [-0.25, -0.2) is 13.8 Å². The van der Waals surface area contributed by atoms with E-state index in [0.717, 1.165) is 11.1 Å². The van der Waals surface area contributed by atoms with E-state index in [4.69, 9.17) is 10.5 Å². The fraction of sp³-hybridized carbons (Fsp3) is 0.261. The van der Waals surface area contributed by atoms with Gasteiger partial charge in [0.05, 0.1) is 23.5 Å². The van der Waals surface area contributed by atoms with Crippen LogP contribution in [-0.2, 0) is 13.7 Å². The molecule has 0 radical (unpaired) electrons. The highest BCUT2D eigenvalue weighted by Gasteiger charge is 2.21. The van der Waals surface area contributed by atoms with Crippen molar-refractivity contribution < 1.29 is 18.3 Å². The molecule has 1 atom stereocenters. The molecule has 3 heterocycles. The van der Waals surface area contributed by atoms with Gasteiger partial charge in [0, 0.05) is 31.5 Å². The first-order valence-corrected chi connectivity index (χ1v) is 10.3. The number of nitrogens with one attached hydrogen (secondary N) is 1. The zero-order chi connectivity index (χ0) is 23.7. The van der Waals surface area contributed by atoms with Gasteiger partial charge in [-0.15, -0.1) is 0 Å². The van der Waals surface area contributed by atoms with Gasteiger partial charge in [0.15, 0.2) is 11.4 Å². The third kappa shape index (κ3) is 4.56. The molecule has 0 aliphatic rings. The van der Waals surface area contributed by atoms with Gasteiger partial charge in [-0.3, -0.25) is 13.9 Å². The number of carbonyl (C=O) groups excluding carboxylic acids is 1. The third-order valence-electron chi connectivity index (χ3n) is 5.28. The lowest BCUT2D eigenvalue weighted by atomic mass is 10.2. The Morgan fingerprint density at radius 2 is 1.97 bits per heavy atom. The lowest BCUT2D eigenvalue weighted by Crippen LogP contribution is -2.32. The number of halogens is 2. The number of carbonyl (C=O) groups is 1. The monoisotopic (exact) mass is 454 g/mol. The van der Waals surface area contributed by atoms with Crippen LogP contribution >= 0.6 is 0 Å². The van der Waals surface area contributed by atoms with Gasteiger partial charge in [-0.05, 0) is 37.6 Å². The van der Waals surface area contributed by atoms with Crippen LogP contribution in [-0.4, -0.2) is 31.6 Å². The van der Waals surface area contributed by atoms with E-state index in [1.165, 1.54) is 18.2 Å². The zero-order valence-electron chi connectivity index (χ0n) is 18.5. The molecule has 0 bridgehead atoms. The van der Waals surface area contributed by atoms with Crippen LogP contribution in [0, 0.1) is 25.5 Å². The summed E-state index contributed by atoms with van der Waals surface area (Å²) in [5.41, 5.74) is 8.75. The van der Waals surface area contributed by atoms with E-state index in [2.05, 4.69) is 15.4 Å². The van der Waals surface area contributed by atoms with Crippen molar-refractivity contribution in [2.75, 3.05) is 6.54 Å². The predicted octanol–water partition coefficient (Wildman–Crippen LogP) is 2.97. The number of ether oxygens (including phenoxy) is 1. The lowest BCUT2D eigenvalue weighted by molar-refractivity contribution is 0.0944. The molecule has 33 heavy (non-hydrogen) atoms. The Morgan fingerprint density at radius 1 is 1.24 bits per heavy atom. The van der Waals surface area contributed by atoms with Crippen molar-refractivity contribution in [2.45, 2.75) is 26.5 Å². The summed E-state index contributed by atoms with van der Waals surface area (Å²) in [6.45, 7) is 3.42. The maximum Gasteiger partial charge on any atom is 0.270 e. The second-order valence-electron chi connectivity index (χ2n) is 7.87. The van der Waals surface area contributed by atoms with Crippen molar-refractivity contribution in [3.05, 3.63) is 82.6 Å². The van der Waals surface area contributed by atoms with Crippen molar-refractivity contribution in [1.82, 2.24) is 24.5 Å². The molecule has 1 aromatic carbocycles. The number of aromatic nitrogens is 4. The maximum atomic E-state index is 14.0. The number of fused-ring (bicyclic) bond motifs is 1. The van der Waals surface area contributed by atoms with Crippen LogP contribution in [0.2, 0.25) is 0 Å². The molecule has 4 rings (SSSR count). The van der Waals surface area contributed by atoms with Crippen LogP contribution in [0.3, 0.4) is 0 Å². The molecule has 172 valence electrons. The van der Waals surface area contributed by atoms with Crippen molar-refractivity contribution >= 4 is 11.6 Å². The van der Waals surface area contributed by atoms with E-state index in [-0.39, 0.29) is 24.6 Å². The van der Waals surface area contributed by atoms with E-state index in [1.54, 1.807) is 47.7 Å². The first-order chi connectivity index (χ1) is 15.7. The molecule has 0 fully saturated rings. The number of amides is 1. The second kappa shape index (κ2) is 8.99. The van der Waals surface area contributed by atoms with E-state index in [1.807, 2.05) is 6.92 Å². The largest absolute Gasteiger partial charge is 0.485 e. The number of nitrogens with two attached hydrogens (primary N) is 1. The number of rotatable bonds is 7. The average Bonchev–Trinajstić information content (AvgIpc) is 3.34. The van der Waals surface area contributed by atoms with Crippen molar-refractivity contribution in [2.24, 2.45) is 12.8 Å². The SMILES string of the molecule is Cc1cc(OCc2c(F)cccc2F)c2nc(C)c(C(=O)NCC(N)c3cnn(C)c3)n2c1. The minimum atomic E-state index is -0.691. The highest BCUT2D eigenvalue weighted by molar-refractivity contribution is 5.95. The molecule has 1 unspecified atom stereocenters. The number of hydrogen-bond donors (Lipinski definition) is 2. The van der Waals surface area contributed by atoms with Gasteiger partial charge in [-0.1, -0.05) is 6.07 Å². The molecule has 0 saturated carbocycles. The molecule has 4 aromatic rings. The van der Waals surface area contributed by atoms with Gasteiger partial charge >= 0.3 is 0 Å². The zero-order valence-corrected chi connectivity index (χ0v) is 18.5. The van der Waals surface area contributed by atoms with Crippen molar-refractivity contribution in [3.63, 3.8) is 0 Å². The Morgan fingerprint density at radius 3 is 2.64 bits per heavy atom. The van der Waals surface area contributed by atoms with Crippen LogP contribution < -0.4 is 15.8 Å². The first-order valence-electron chi connectivity index (χ1n) is 10.3. The summed E-state index contributed by atoms with van der Waals surface area (Å²) in [4.78, 5) is 17.5. The molecule has 0 saturated heterocycles. The van der Waals surface area contributed by atoms with E-state index < -0.39 is 17.7 Å². The minimum Gasteiger partial charge on any atom is -0.485 e. The van der Waals surface area contributed by atoms with Crippen LogP contribution in [0.25, 0.3) is 5.65 Å². The van der Waals surface area contributed by atoms with Crippen LogP contribution in [0.4, 0.5) is 8.78 Å². The van der Waals surface area contributed by atoms with Crippen LogP contribution in [0.5, 0.6) is 5.75 Å². The Kier molecular flexibility index (Phi) is 6.10. The van der Waals surface area contributed by atoms with Crippen LogP contribution in [0.1, 0.15) is 38.9 Å². The van der Waals surface area contributed by atoms with Gasteiger partial charge in [0.2, 0.25) is 0 Å². The standard InChI is InChI=1S/C23H24F2N6O2/c1-13-7-20(33-12-16-17(24)5-4-6-18(16)25)22-29-14(2)21(31(22)10-13)23(32)27-9-19(26)15-8-28-30(3)11-15/h4-8,10-11,19H,9,12,26H2,1-3H3,(H,27,32). The smallest absolute Gasteiger partial charge is 0.270 e. The first kappa shape index (κ1) is 22.4. The van der Waals surface area contributed by atoms with E-state index in [0.29, 0.717) is 22.8 Å². The molecule has 8 nitrogen and oxygen atoms in total. The van der Waals surface area contributed by atoms with Gasteiger partial charge < -0.3 is 15.8 Å². The Hall–Kier alpha value is -3.79. The summed E-state index contributed by atoms with van der Waals surface area (Å²) in [6, 6.07) is 4.93. The number of hydrogen-bond acceptors (Lipinski definition) is 5. The molecule has 0 spiro atoms. The molecule has 1 amide bonds. The minimum absolute atomic E-state index is 0.178. The number of nitrogens with zero attached hydrogens (tertiary/aromatic N) is 4. The summed E-state index contributed by atoms with van der Waals surface area (Å²) in [5.74, 6) is -1.42. The summed E-state index contributed by atoms with van der Waals surface area (Å²) < 4.78 is 37.0. The van der Waals surface area contributed by atoms with Gasteiger partial charge in [0.25, 0.3) is 5.91 Å². The molecule has 0 aliphatic carbocycles. The fourth-order valence-corrected chi connectivity index (χ4v) is 3.59. The molecular weight excluding hydrogens is 430 g/mol. The Labute approximate surface area is 189 Å². The van der Waals surface area contributed by atoms with Gasteiger partial charge in [0.1, 0.15) is 23.9 Å². The highest BCUT2D eigenvalue weighted by atomic mass is 19.1. The lowest BCUT2D eigenvalue weighted by Gasteiger charge is -2.13. The highest BCUT2D eigenvalue weighted by Crippen LogP contribution is 2.26. The average molecular weight is 454 g/mol. The van der Waals surface area contributed by atoms with Crippen molar-refractivity contribution in [3.8, 4) is 5.75 Å². The quantitative estimate of drug-likeness (QED) is 0.447.